The maximum atomic E-state index is 11.9. The number of benzene rings is 1. The van der Waals surface area contributed by atoms with Crippen LogP contribution >= 0.6 is 11.3 Å². The molecule has 0 unspecified atom stereocenters. The van der Waals surface area contributed by atoms with Gasteiger partial charge in [-0.15, -0.1) is 0 Å². The Labute approximate surface area is 142 Å². The zero-order valence-electron chi connectivity index (χ0n) is 13.1. The summed E-state index contributed by atoms with van der Waals surface area (Å²) in [7, 11) is 0. The summed E-state index contributed by atoms with van der Waals surface area (Å²) < 4.78 is 4.89. The van der Waals surface area contributed by atoms with Crippen molar-refractivity contribution in [1.82, 2.24) is 0 Å². The van der Waals surface area contributed by atoms with Crippen molar-refractivity contribution < 1.29 is 19.2 Å². The van der Waals surface area contributed by atoms with Gasteiger partial charge in [-0.1, -0.05) is 43.4 Å². The smallest absolute Gasteiger partial charge is 0.349 e. The second-order valence-corrected chi connectivity index (χ2v) is 6.32. The number of carbonyl (C=O) groups is 2. The number of nitrogens with zero attached hydrogens (tertiary/aromatic N) is 1. The van der Waals surface area contributed by atoms with Gasteiger partial charge in [0.25, 0.3) is 5.91 Å². The minimum absolute atomic E-state index is 0.0806. The van der Waals surface area contributed by atoms with E-state index in [9.17, 15) is 19.7 Å². The summed E-state index contributed by atoms with van der Waals surface area (Å²) in [5.41, 5.74) is 1.64. The Balaban J connectivity index is 1.93. The molecule has 1 aromatic heterocycles. The summed E-state index contributed by atoms with van der Waals surface area (Å²) in [5.74, 6) is -1.00. The molecule has 0 bridgehead atoms. The van der Waals surface area contributed by atoms with E-state index in [0.717, 1.165) is 5.56 Å². The minimum Gasteiger partial charge on any atom is -0.451 e. The monoisotopic (exact) mass is 348 g/mol. The van der Waals surface area contributed by atoms with E-state index in [0.29, 0.717) is 17.0 Å². The number of esters is 1. The number of nitro groups is 1. The Hall–Kier alpha value is -2.74. The average Bonchev–Trinajstić information content (AvgIpc) is 3.03. The van der Waals surface area contributed by atoms with Crippen molar-refractivity contribution in [2.75, 3.05) is 11.9 Å². The van der Waals surface area contributed by atoms with Crippen molar-refractivity contribution in [2.45, 2.75) is 19.8 Å². The Morgan fingerprint density at radius 2 is 1.96 bits per heavy atom. The fourth-order valence-corrected chi connectivity index (χ4v) is 2.75. The molecular formula is C16H16N2O5S. The number of ether oxygens (including phenoxy) is 1. The van der Waals surface area contributed by atoms with Crippen LogP contribution < -0.4 is 5.32 Å². The van der Waals surface area contributed by atoms with Crippen molar-refractivity contribution in [2.24, 2.45) is 0 Å². The van der Waals surface area contributed by atoms with Gasteiger partial charge in [0, 0.05) is 11.8 Å². The van der Waals surface area contributed by atoms with Crippen molar-refractivity contribution >= 4 is 33.9 Å². The fraction of sp³-hybridized carbons (Fsp3) is 0.250. The molecule has 0 atom stereocenters. The number of anilines is 1. The first kappa shape index (κ1) is 17.6. The molecule has 126 valence electrons. The quantitative estimate of drug-likeness (QED) is 0.489. The summed E-state index contributed by atoms with van der Waals surface area (Å²) in [6.07, 6.45) is 0. The zero-order chi connectivity index (χ0) is 17.7. The lowest BCUT2D eigenvalue weighted by Gasteiger charge is -2.13. The highest BCUT2D eigenvalue weighted by Gasteiger charge is 2.18. The largest absolute Gasteiger partial charge is 0.451 e. The van der Waals surface area contributed by atoms with Gasteiger partial charge in [-0.25, -0.2) is 4.79 Å². The molecule has 1 aromatic carbocycles. The second-order valence-electron chi connectivity index (χ2n) is 5.26. The van der Waals surface area contributed by atoms with Crippen LogP contribution in [0.2, 0.25) is 0 Å². The van der Waals surface area contributed by atoms with E-state index in [2.05, 4.69) is 5.32 Å². The van der Waals surface area contributed by atoms with Gasteiger partial charge in [0.1, 0.15) is 4.88 Å². The molecule has 0 aliphatic heterocycles. The molecule has 2 rings (SSSR count). The first-order chi connectivity index (χ1) is 11.4. The standard InChI is InChI=1S/C16H16N2O5S/c1-10(2)11-5-3-4-6-12(11)17-14(19)9-23-16(20)13-7-8-15(24-13)18(21)22/h3-8,10H,9H2,1-2H3,(H,17,19). The summed E-state index contributed by atoms with van der Waals surface area (Å²) in [6, 6.07) is 9.90. The lowest BCUT2D eigenvalue weighted by atomic mass is 10.0. The van der Waals surface area contributed by atoms with Gasteiger partial charge in [0.15, 0.2) is 6.61 Å². The number of amides is 1. The molecule has 0 aliphatic carbocycles. The van der Waals surface area contributed by atoms with E-state index in [4.69, 9.17) is 4.74 Å². The van der Waals surface area contributed by atoms with Crippen LogP contribution in [0.15, 0.2) is 36.4 Å². The van der Waals surface area contributed by atoms with Crippen molar-refractivity contribution in [3.05, 3.63) is 57.0 Å². The van der Waals surface area contributed by atoms with Gasteiger partial charge in [0.05, 0.1) is 4.92 Å². The Morgan fingerprint density at radius 1 is 1.25 bits per heavy atom. The third-order valence-electron chi connectivity index (χ3n) is 3.16. The first-order valence-electron chi connectivity index (χ1n) is 7.18. The number of para-hydroxylation sites is 1. The van der Waals surface area contributed by atoms with Crippen molar-refractivity contribution in [3.8, 4) is 0 Å². The lowest BCUT2D eigenvalue weighted by Crippen LogP contribution is -2.21. The first-order valence-corrected chi connectivity index (χ1v) is 8.00. The molecule has 0 spiro atoms. The van der Waals surface area contributed by atoms with Crippen LogP contribution in [-0.4, -0.2) is 23.4 Å². The number of rotatable bonds is 6. The second kappa shape index (κ2) is 7.69. The van der Waals surface area contributed by atoms with Gasteiger partial charge in [-0.3, -0.25) is 14.9 Å². The molecule has 0 aliphatic rings. The van der Waals surface area contributed by atoms with E-state index in [-0.39, 0.29) is 15.8 Å². The number of hydrogen-bond donors (Lipinski definition) is 1. The number of nitrogens with one attached hydrogen (secondary N) is 1. The normalized spacial score (nSPS) is 10.5. The zero-order valence-corrected chi connectivity index (χ0v) is 14.0. The van der Waals surface area contributed by atoms with Crippen LogP contribution in [0.1, 0.15) is 35.0 Å². The van der Waals surface area contributed by atoms with Crippen LogP contribution in [-0.2, 0) is 9.53 Å². The summed E-state index contributed by atoms with van der Waals surface area (Å²) in [4.78, 5) is 33.8. The van der Waals surface area contributed by atoms with Crippen molar-refractivity contribution in [3.63, 3.8) is 0 Å². The third-order valence-corrected chi connectivity index (χ3v) is 4.18. The van der Waals surface area contributed by atoms with E-state index in [1.54, 1.807) is 12.1 Å². The predicted molar refractivity (Wildman–Crippen MR) is 90.4 cm³/mol. The van der Waals surface area contributed by atoms with Crippen LogP contribution in [0.3, 0.4) is 0 Å². The highest BCUT2D eigenvalue weighted by molar-refractivity contribution is 7.17. The van der Waals surface area contributed by atoms with E-state index in [1.165, 1.54) is 12.1 Å². The van der Waals surface area contributed by atoms with E-state index in [1.807, 2.05) is 26.0 Å². The summed E-state index contributed by atoms with van der Waals surface area (Å²) in [6.45, 7) is 3.56. The highest BCUT2D eigenvalue weighted by Crippen LogP contribution is 2.25. The molecule has 1 amide bonds. The Bertz CT molecular complexity index is 769. The molecule has 7 nitrogen and oxygen atoms in total. The molecule has 8 heteroatoms. The maximum absolute atomic E-state index is 11.9. The molecule has 24 heavy (non-hydrogen) atoms. The van der Waals surface area contributed by atoms with Gasteiger partial charge >= 0.3 is 11.0 Å². The molecule has 2 aromatic rings. The predicted octanol–water partition coefficient (Wildman–Crippen LogP) is 3.58. The molecule has 0 radical (unpaired) electrons. The summed E-state index contributed by atoms with van der Waals surface area (Å²) >= 11 is 0.706. The number of thiophene rings is 1. The van der Waals surface area contributed by atoms with E-state index < -0.39 is 23.4 Å². The van der Waals surface area contributed by atoms with Gasteiger partial charge in [0.2, 0.25) is 0 Å². The number of carbonyl (C=O) groups excluding carboxylic acids is 2. The maximum Gasteiger partial charge on any atom is 0.349 e. The van der Waals surface area contributed by atoms with Gasteiger partial charge < -0.3 is 10.1 Å². The van der Waals surface area contributed by atoms with Gasteiger partial charge in [-0.2, -0.15) is 0 Å². The third kappa shape index (κ3) is 4.39. The molecular weight excluding hydrogens is 332 g/mol. The number of hydrogen-bond acceptors (Lipinski definition) is 6. The Kier molecular flexibility index (Phi) is 5.64. The van der Waals surface area contributed by atoms with Crippen LogP contribution in [0.5, 0.6) is 0 Å². The molecule has 0 fully saturated rings. The highest BCUT2D eigenvalue weighted by atomic mass is 32.1. The fourth-order valence-electron chi connectivity index (χ4n) is 2.04. The van der Waals surface area contributed by atoms with E-state index >= 15 is 0 Å². The molecule has 1 heterocycles. The SMILES string of the molecule is CC(C)c1ccccc1NC(=O)COC(=O)c1ccc([N+](=O)[O-])s1. The molecule has 1 N–H and O–H groups in total. The summed E-state index contributed by atoms with van der Waals surface area (Å²) in [5, 5.41) is 13.1. The van der Waals surface area contributed by atoms with Crippen molar-refractivity contribution in [1.29, 1.82) is 0 Å². The van der Waals surface area contributed by atoms with Crippen LogP contribution in [0.25, 0.3) is 0 Å². The van der Waals surface area contributed by atoms with Gasteiger partial charge in [-0.05, 0) is 23.6 Å². The van der Waals surface area contributed by atoms with Crippen LogP contribution in [0, 0.1) is 10.1 Å². The average molecular weight is 348 g/mol. The molecule has 0 saturated carbocycles. The Morgan fingerprint density at radius 3 is 2.58 bits per heavy atom. The lowest BCUT2D eigenvalue weighted by molar-refractivity contribution is -0.380. The minimum atomic E-state index is -0.764. The van der Waals surface area contributed by atoms with Crippen LogP contribution in [0.4, 0.5) is 10.7 Å². The topological polar surface area (TPSA) is 98.5 Å². The molecule has 0 saturated heterocycles.